The van der Waals surface area contributed by atoms with Crippen molar-refractivity contribution in [3.8, 4) is 33.4 Å². The number of furan rings is 1. The second-order valence-corrected chi connectivity index (χ2v) is 14.5. The van der Waals surface area contributed by atoms with Gasteiger partial charge >= 0.3 is 0 Å². The molecule has 0 saturated heterocycles. The lowest BCUT2D eigenvalue weighted by Crippen LogP contribution is -2.49. The molecule has 1 aromatic heterocycles. The number of benzene rings is 8. The van der Waals surface area contributed by atoms with Gasteiger partial charge in [-0.2, -0.15) is 0 Å². The van der Waals surface area contributed by atoms with Gasteiger partial charge in [-0.25, -0.2) is 0 Å². The lowest BCUT2D eigenvalue weighted by molar-refractivity contribution is 0.406. The first-order valence-corrected chi connectivity index (χ1v) is 17.9. The predicted molar refractivity (Wildman–Crippen MR) is 211 cm³/mol. The third-order valence-corrected chi connectivity index (χ3v) is 12.3. The summed E-state index contributed by atoms with van der Waals surface area (Å²) in [6.07, 6.45) is 0. The molecule has 0 spiro atoms. The molecule has 2 aliphatic rings. The van der Waals surface area contributed by atoms with Crippen molar-refractivity contribution in [3.05, 3.63) is 203 Å². The van der Waals surface area contributed by atoms with Crippen molar-refractivity contribution in [2.45, 2.75) is 24.7 Å². The molecule has 0 amide bonds. The maximum atomic E-state index is 6.64. The molecule has 0 fully saturated rings. The summed E-state index contributed by atoms with van der Waals surface area (Å²) in [5.74, 6) is 0. The molecule has 1 heteroatoms. The molecule has 51 heavy (non-hydrogen) atoms. The average molecular weight is 651 g/mol. The number of hydrogen-bond acceptors (Lipinski definition) is 1. The average Bonchev–Trinajstić information content (AvgIpc) is 3.68. The van der Waals surface area contributed by atoms with Gasteiger partial charge in [-0.1, -0.05) is 164 Å². The first-order valence-electron chi connectivity index (χ1n) is 17.9. The van der Waals surface area contributed by atoms with Gasteiger partial charge in [0.1, 0.15) is 11.2 Å². The van der Waals surface area contributed by atoms with Gasteiger partial charge in [0.2, 0.25) is 0 Å². The highest BCUT2D eigenvalue weighted by molar-refractivity contribution is 6.14. The number of rotatable bonds is 3. The van der Waals surface area contributed by atoms with E-state index in [1.807, 2.05) is 0 Å². The van der Waals surface area contributed by atoms with E-state index in [1.165, 1.54) is 72.0 Å². The fourth-order valence-corrected chi connectivity index (χ4v) is 10.2. The third kappa shape index (κ3) is 3.46. The van der Waals surface area contributed by atoms with Gasteiger partial charge in [-0.15, -0.1) is 0 Å². The van der Waals surface area contributed by atoms with E-state index in [1.54, 1.807) is 0 Å². The normalized spacial score (nSPS) is 18.5. The summed E-state index contributed by atoms with van der Waals surface area (Å²) >= 11 is 0. The summed E-state index contributed by atoms with van der Waals surface area (Å²) in [5.41, 5.74) is 16.5. The monoisotopic (exact) mass is 650 g/mol. The van der Waals surface area contributed by atoms with Crippen LogP contribution in [0.2, 0.25) is 0 Å². The van der Waals surface area contributed by atoms with E-state index in [-0.39, 0.29) is 0 Å². The van der Waals surface area contributed by atoms with Crippen molar-refractivity contribution in [2.75, 3.05) is 0 Å². The number of aryl methyl sites for hydroxylation is 1. The smallest absolute Gasteiger partial charge is 0.143 e. The van der Waals surface area contributed by atoms with Crippen LogP contribution in [0.25, 0.3) is 66.1 Å². The Hall–Kier alpha value is -6.18. The molecule has 2 unspecified atom stereocenters. The molecule has 0 radical (unpaired) electrons. The van der Waals surface area contributed by atoms with Crippen molar-refractivity contribution in [1.29, 1.82) is 0 Å². The van der Waals surface area contributed by atoms with E-state index in [4.69, 9.17) is 4.42 Å². The molecular formula is C50H34O. The minimum absolute atomic E-state index is 0.414. The summed E-state index contributed by atoms with van der Waals surface area (Å²) < 4.78 is 6.64. The van der Waals surface area contributed by atoms with Crippen LogP contribution in [0.3, 0.4) is 0 Å². The first kappa shape index (κ1) is 28.6. The van der Waals surface area contributed by atoms with Crippen LogP contribution < -0.4 is 0 Å². The lowest BCUT2D eigenvalue weighted by Gasteiger charge is -2.52. The van der Waals surface area contributed by atoms with Gasteiger partial charge in [0.05, 0.1) is 5.41 Å². The zero-order valence-corrected chi connectivity index (χ0v) is 28.6. The molecule has 1 heterocycles. The van der Waals surface area contributed by atoms with Crippen LogP contribution in [-0.4, -0.2) is 0 Å². The zero-order chi connectivity index (χ0) is 33.9. The Kier molecular flexibility index (Phi) is 5.72. The number of fused-ring (bicyclic) bond motifs is 11. The molecule has 11 rings (SSSR count). The van der Waals surface area contributed by atoms with Crippen LogP contribution in [0.15, 0.2) is 174 Å². The van der Waals surface area contributed by atoms with Crippen LogP contribution in [0, 0.1) is 6.92 Å². The molecule has 1 nitrogen and oxygen atoms in total. The fraction of sp³-hybridized carbons (Fsp3) is 0.0800. The molecule has 2 aliphatic carbocycles. The van der Waals surface area contributed by atoms with Gasteiger partial charge in [0, 0.05) is 21.8 Å². The molecule has 8 aromatic carbocycles. The molecule has 0 saturated carbocycles. The Bertz CT molecular complexity index is 2910. The van der Waals surface area contributed by atoms with Gasteiger partial charge in [0.15, 0.2) is 0 Å². The van der Waals surface area contributed by atoms with Crippen LogP contribution >= 0.6 is 0 Å². The SMILES string of the molecule is Cc1ccccc1-c1ccccc1C12c3ccccc3-c3ccccc3C1(C)c1cccc3c(-c4cccc5c4oc4ccccc45)ccc2c13. The maximum Gasteiger partial charge on any atom is 0.143 e. The van der Waals surface area contributed by atoms with Crippen molar-refractivity contribution in [1.82, 2.24) is 0 Å². The minimum Gasteiger partial charge on any atom is -0.455 e. The Morgan fingerprint density at radius 3 is 1.67 bits per heavy atom. The second-order valence-electron chi connectivity index (χ2n) is 14.5. The van der Waals surface area contributed by atoms with Crippen molar-refractivity contribution >= 4 is 32.7 Å². The summed E-state index contributed by atoms with van der Waals surface area (Å²) in [4.78, 5) is 0. The van der Waals surface area contributed by atoms with Crippen molar-refractivity contribution in [2.24, 2.45) is 0 Å². The molecule has 240 valence electrons. The molecule has 9 aromatic rings. The zero-order valence-electron chi connectivity index (χ0n) is 28.6. The van der Waals surface area contributed by atoms with Crippen LogP contribution in [-0.2, 0) is 10.8 Å². The molecular weight excluding hydrogens is 617 g/mol. The van der Waals surface area contributed by atoms with Crippen LogP contribution in [0.5, 0.6) is 0 Å². The summed E-state index contributed by atoms with van der Waals surface area (Å²) in [5, 5.41) is 4.91. The van der Waals surface area contributed by atoms with E-state index in [2.05, 4.69) is 184 Å². The van der Waals surface area contributed by atoms with E-state index < -0.39 is 10.8 Å². The summed E-state index contributed by atoms with van der Waals surface area (Å²) in [7, 11) is 0. The van der Waals surface area contributed by atoms with Crippen molar-refractivity contribution < 1.29 is 4.42 Å². The van der Waals surface area contributed by atoms with E-state index in [0.29, 0.717) is 0 Å². The van der Waals surface area contributed by atoms with Gasteiger partial charge in [0.25, 0.3) is 0 Å². The Morgan fingerprint density at radius 1 is 0.373 bits per heavy atom. The van der Waals surface area contributed by atoms with Crippen LogP contribution in [0.4, 0.5) is 0 Å². The molecule has 0 bridgehead atoms. The summed E-state index contributed by atoms with van der Waals surface area (Å²) in [6.45, 7) is 4.76. The first-order chi connectivity index (χ1) is 25.1. The standard InChI is InChI=1S/C50H34O/c1-31-15-3-4-16-32(31)34-17-6-10-25-42(34)50-43-26-11-7-19-36(43)35-18-5-9-24-41(35)49(50,2)44-27-14-21-38-33(29-30-45(50)47(38)44)39-22-13-23-40-37-20-8-12-28-46(37)51-48(39)40/h3-30H,1-2H3. The maximum absolute atomic E-state index is 6.64. The molecule has 0 aliphatic heterocycles. The highest BCUT2D eigenvalue weighted by Gasteiger charge is 2.62. The minimum atomic E-state index is -0.511. The topological polar surface area (TPSA) is 13.1 Å². The van der Waals surface area contributed by atoms with Gasteiger partial charge in [-0.05, 0) is 91.9 Å². The predicted octanol–water partition coefficient (Wildman–Crippen LogP) is 13.0. The van der Waals surface area contributed by atoms with E-state index in [9.17, 15) is 0 Å². The third-order valence-electron chi connectivity index (χ3n) is 12.3. The van der Waals surface area contributed by atoms with E-state index in [0.717, 1.165) is 27.5 Å². The highest BCUT2D eigenvalue weighted by atomic mass is 16.3. The number of para-hydroxylation sites is 2. The Labute approximate surface area is 297 Å². The van der Waals surface area contributed by atoms with Crippen molar-refractivity contribution in [3.63, 3.8) is 0 Å². The lowest BCUT2D eigenvalue weighted by atomic mass is 9.49. The van der Waals surface area contributed by atoms with Gasteiger partial charge in [-0.3, -0.25) is 0 Å². The molecule has 0 N–H and O–H groups in total. The molecule has 2 atom stereocenters. The Balaban J connectivity index is 1.32. The van der Waals surface area contributed by atoms with Crippen LogP contribution in [0.1, 0.15) is 40.3 Å². The highest BCUT2D eigenvalue weighted by Crippen LogP contribution is 2.69. The fourth-order valence-electron chi connectivity index (χ4n) is 10.2. The summed E-state index contributed by atoms with van der Waals surface area (Å²) in [6, 6.07) is 63.2. The Morgan fingerprint density at radius 2 is 0.902 bits per heavy atom. The quantitative estimate of drug-likeness (QED) is 0.185. The van der Waals surface area contributed by atoms with E-state index >= 15 is 0 Å². The van der Waals surface area contributed by atoms with Gasteiger partial charge < -0.3 is 4.42 Å². The second kappa shape index (κ2) is 10.2. The number of hydrogen-bond donors (Lipinski definition) is 0. The largest absolute Gasteiger partial charge is 0.455 e.